The number of carbonyl (C=O) groups is 1. The second-order valence-corrected chi connectivity index (χ2v) is 6.56. The fourth-order valence-corrected chi connectivity index (χ4v) is 4.34. The maximum Gasteiger partial charge on any atom is 0.265 e. The van der Waals surface area contributed by atoms with Crippen molar-refractivity contribution in [2.45, 2.75) is 38.2 Å². The van der Waals surface area contributed by atoms with E-state index < -0.39 is 0 Å². The topological polar surface area (TPSA) is 42.4 Å². The van der Waals surface area contributed by atoms with Gasteiger partial charge in [-0.2, -0.15) is 0 Å². The van der Waals surface area contributed by atoms with Gasteiger partial charge in [-0.15, -0.1) is 11.3 Å². The molecule has 2 heterocycles. The van der Waals surface area contributed by atoms with Crippen molar-refractivity contribution in [1.82, 2.24) is 9.88 Å². The number of aromatic nitrogens is 1. The lowest BCUT2D eigenvalue weighted by Gasteiger charge is -2.43. The number of hydrogen-bond acceptors (Lipinski definition) is 4. The molecular formula is C14H20N2O2S. The quantitative estimate of drug-likeness (QED) is 0.836. The smallest absolute Gasteiger partial charge is 0.265 e. The Bertz CT molecular complexity index is 448. The van der Waals surface area contributed by atoms with Crippen molar-refractivity contribution in [3.05, 3.63) is 16.6 Å². The van der Waals surface area contributed by atoms with Crippen LogP contribution in [-0.4, -0.2) is 42.1 Å². The van der Waals surface area contributed by atoms with Gasteiger partial charge in [0.1, 0.15) is 4.88 Å². The molecular weight excluding hydrogens is 260 g/mol. The molecule has 1 saturated heterocycles. The summed E-state index contributed by atoms with van der Waals surface area (Å²) < 4.78 is 5.68. The summed E-state index contributed by atoms with van der Waals surface area (Å²) in [5.41, 5.74) is 1.92. The number of thiazole rings is 1. The molecule has 19 heavy (non-hydrogen) atoms. The van der Waals surface area contributed by atoms with E-state index in [1.165, 1.54) is 30.6 Å². The third-order valence-corrected chi connectivity index (χ3v) is 5.41. The molecule has 1 aromatic heterocycles. The van der Waals surface area contributed by atoms with Crippen molar-refractivity contribution in [2.75, 3.05) is 20.2 Å². The molecule has 1 aliphatic heterocycles. The van der Waals surface area contributed by atoms with Crippen molar-refractivity contribution in [3.8, 4) is 0 Å². The second kappa shape index (κ2) is 5.21. The average Bonchev–Trinajstić information content (AvgIpc) is 3.08. The molecule has 1 spiro atoms. The first-order valence-electron chi connectivity index (χ1n) is 6.96. The van der Waals surface area contributed by atoms with Crippen molar-refractivity contribution in [3.63, 3.8) is 0 Å². The van der Waals surface area contributed by atoms with E-state index in [2.05, 4.69) is 4.98 Å². The highest BCUT2D eigenvalue weighted by atomic mass is 32.1. The number of hydrogen-bond donors (Lipinski definition) is 0. The molecule has 2 aliphatic rings. The van der Waals surface area contributed by atoms with E-state index in [1.54, 1.807) is 11.7 Å². The van der Waals surface area contributed by atoms with Crippen molar-refractivity contribution < 1.29 is 9.53 Å². The monoisotopic (exact) mass is 280 g/mol. The zero-order valence-corrected chi connectivity index (χ0v) is 12.1. The maximum absolute atomic E-state index is 12.5. The van der Waals surface area contributed by atoms with Gasteiger partial charge in [0, 0.05) is 25.6 Å². The minimum absolute atomic E-state index is 0.142. The van der Waals surface area contributed by atoms with E-state index in [-0.39, 0.29) is 11.3 Å². The maximum atomic E-state index is 12.5. The molecule has 1 aliphatic carbocycles. The number of ether oxygens (including phenoxy) is 1. The van der Waals surface area contributed by atoms with Gasteiger partial charge in [0.15, 0.2) is 0 Å². The van der Waals surface area contributed by atoms with Crippen LogP contribution < -0.4 is 0 Å². The van der Waals surface area contributed by atoms with Crippen molar-refractivity contribution >= 4 is 17.2 Å². The van der Waals surface area contributed by atoms with E-state index in [4.69, 9.17) is 4.74 Å². The predicted octanol–water partition coefficient (Wildman–Crippen LogP) is 2.56. The van der Waals surface area contributed by atoms with Gasteiger partial charge in [-0.3, -0.25) is 9.78 Å². The molecule has 1 amide bonds. The van der Waals surface area contributed by atoms with Gasteiger partial charge >= 0.3 is 0 Å². The Morgan fingerprint density at radius 1 is 1.53 bits per heavy atom. The van der Waals surface area contributed by atoms with E-state index in [9.17, 15) is 4.79 Å². The average molecular weight is 280 g/mol. The zero-order chi connectivity index (χ0) is 13.3. The minimum atomic E-state index is 0.142. The number of methoxy groups -OCH3 is 1. The van der Waals surface area contributed by atoms with Crippen LogP contribution in [0.1, 0.15) is 41.8 Å². The van der Waals surface area contributed by atoms with Crippen LogP contribution in [-0.2, 0) is 4.74 Å². The Morgan fingerprint density at radius 3 is 3.11 bits per heavy atom. The number of nitrogens with zero attached hydrogens (tertiary/aromatic N) is 2. The van der Waals surface area contributed by atoms with E-state index in [1.807, 2.05) is 12.0 Å². The summed E-state index contributed by atoms with van der Waals surface area (Å²) in [5.74, 6) is 0.142. The summed E-state index contributed by atoms with van der Waals surface area (Å²) in [6, 6.07) is 0. The van der Waals surface area contributed by atoms with Crippen LogP contribution in [0.4, 0.5) is 0 Å². The lowest BCUT2D eigenvalue weighted by molar-refractivity contribution is -0.0294. The SMILES string of the molecule is CO[C@@H]1CCC[C@]12CCCN(C(=O)c1cncs1)C2. The van der Waals surface area contributed by atoms with Crippen LogP contribution in [0.2, 0.25) is 0 Å². The number of rotatable bonds is 2. The van der Waals surface area contributed by atoms with E-state index in [0.29, 0.717) is 6.10 Å². The summed E-state index contributed by atoms with van der Waals surface area (Å²) in [6.07, 6.45) is 7.83. The van der Waals surface area contributed by atoms with Gasteiger partial charge < -0.3 is 9.64 Å². The van der Waals surface area contributed by atoms with Gasteiger partial charge in [-0.25, -0.2) is 0 Å². The van der Waals surface area contributed by atoms with Crippen LogP contribution >= 0.6 is 11.3 Å². The molecule has 104 valence electrons. The Hall–Kier alpha value is -0.940. The van der Waals surface area contributed by atoms with Gasteiger partial charge in [0.05, 0.1) is 17.8 Å². The zero-order valence-electron chi connectivity index (χ0n) is 11.3. The van der Waals surface area contributed by atoms with Gasteiger partial charge in [-0.05, 0) is 25.7 Å². The van der Waals surface area contributed by atoms with Crippen LogP contribution in [0, 0.1) is 5.41 Å². The fourth-order valence-electron chi connectivity index (χ4n) is 3.75. The fraction of sp³-hybridized carbons (Fsp3) is 0.714. The first-order chi connectivity index (χ1) is 9.25. The second-order valence-electron chi connectivity index (χ2n) is 5.67. The summed E-state index contributed by atoms with van der Waals surface area (Å²) in [6.45, 7) is 1.72. The normalized spacial score (nSPS) is 31.0. The number of likely N-dealkylation sites (tertiary alicyclic amines) is 1. The predicted molar refractivity (Wildman–Crippen MR) is 74.3 cm³/mol. The molecule has 2 fully saturated rings. The molecule has 2 atom stereocenters. The van der Waals surface area contributed by atoms with Gasteiger partial charge in [0.2, 0.25) is 0 Å². The molecule has 0 unspecified atom stereocenters. The van der Waals surface area contributed by atoms with E-state index in [0.717, 1.165) is 30.8 Å². The molecule has 1 aromatic rings. The highest BCUT2D eigenvalue weighted by Crippen LogP contribution is 2.46. The van der Waals surface area contributed by atoms with E-state index >= 15 is 0 Å². The largest absolute Gasteiger partial charge is 0.381 e. The standard InChI is InChI=1S/C14H20N2O2S/c1-18-12-4-2-5-14(12)6-3-7-16(9-14)13(17)11-8-15-10-19-11/h8,10,12H,2-7,9H2,1H3/t12-,14-/m1/s1. The first kappa shape index (κ1) is 13.1. The summed E-state index contributed by atoms with van der Waals surface area (Å²) in [5, 5.41) is 0. The Morgan fingerprint density at radius 2 is 2.37 bits per heavy atom. The molecule has 0 N–H and O–H groups in total. The van der Waals surface area contributed by atoms with Gasteiger partial charge in [-0.1, -0.05) is 6.42 Å². The Kier molecular flexibility index (Phi) is 3.58. The molecule has 1 saturated carbocycles. The molecule has 0 radical (unpaired) electrons. The third-order valence-electron chi connectivity index (χ3n) is 4.65. The number of amides is 1. The molecule has 4 nitrogen and oxygen atoms in total. The molecule has 0 bridgehead atoms. The van der Waals surface area contributed by atoms with Crippen molar-refractivity contribution in [1.29, 1.82) is 0 Å². The van der Waals surface area contributed by atoms with Gasteiger partial charge in [0.25, 0.3) is 5.91 Å². The van der Waals surface area contributed by atoms with Crippen LogP contribution in [0.25, 0.3) is 0 Å². The minimum Gasteiger partial charge on any atom is -0.381 e. The van der Waals surface area contributed by atoms with Crippen LogP contribution in [0.5, 0.6) is 0 Å². The number of piperidine rings is 1. The van der Waals surface area contributed by atoms with Crippen LogP contribution in [0.3, 0.4) is 0 Å². The Labute approximate surface area is 117 Å². The highest BCUT2D eigenvalue weighted by Gasteiger charge is 2.46. The third kappa shape index (κ3) is 2.30. The first-order valence-corrected chi connectivity index (χ1v) is 7.84. The van der Waals surface area contributed by atoms with Crippen molar-refractivity contribution in [2.24, 2.45) is 5.41 Å². The van der Waals surface area contributed by atoms with Crippen LogP contribution in [0.15, 0.2) is 11.7 Å². The lowest BCUT2D eigenvalue weighted by atomic mass is 9.76. The number of carbonyl (C=O) groups excluding carboxylic acids is 1. The summed E-state index contributed by atoms with van der Waals surface area (Å²) >= 11 is 1.43. The molecule has 0 aromatic carbocycles. The lowest BCUT2D eigenvalue weighted by Crippen LogP contribution is -2.49. The summed E-state index contributed by atoms with van der Waals surface area (Å²) in [4.78, 5) is 19.2. The Balaban J connectivity index is 1.76. The summed E-state index contributed by atoms with van der Waals surface area (Å²) in [7, 11) is 1.81. The molecule has 3 rings (SSSR count). The highest BCUT2D eigenvalue weighted by molar-refractivity contribution is 7.11. The molecule has 5 heteroatoms.